The zero-order chi connectivity index (χ0) is 14.6. The second-order valence-electron chi connectivity index (χ2n) is 3.24. The van der Waals surface area contributed by atoms with Crippen LogP contribution in [-0.4, -0.2) is 24.0 Å². The number of halogens is 1. The van der Waals surface area contributed by atoms with Gasteiger partial charge in [-0.1, -0.05) is 0 Å². The molecule has 0 fully saturated rings. The Kier molecular flexibility index (Phi) is 4.19. The van der Waals surface area contributed by atoms with E-state index in [1.54, 1.807) is 0 Å². The van der Waals surface area contributed by atoms with E-state index in [0.29, 0.717) is 0 Å². The number of benzene rings is 1. The van der Waals surface area contributed by atoms with Crippen molar-refractivity contribution in [3.05, 3.63) is 28.1 Å². The lowest BCUT2D eigenvalue weighted by molar-refractivity contribution is -0.384. The fourth-order valence-electron chi connectivity index (χ4n) is 1.21. The van der Waals surface area contributed by atoms with Crippen LogP contribution in [0.15, 0.2) is 22.1 Å². The molecule has 0 spiro atoms. The molecule has 1 rings (SSSR count). The molecular formula is C9H11FN6O3. The predicted octanol–water partition coefficient (Wildman–Crippen LogP) is -0.0379. The number of hydrogen-bond acceptors (Lipinski definition) is 4. The molecular weight excluding hydrogens is 259 g/mol. The molecule has 0 aromatic heterocycles. The third-order valence-electron chi connectivity index (χ3n) is 1.92. The molecule has 0 radical (unpaired) electrons. The molecule has 102 valence electrons. The number of hydrogen-bond donors (Lipinski definition) is 3. The van der Waals surface area contributed by atoms with E-state index in [0.717, 1.165) is 12.1 Å². The van der Waals surface area contributed by atoms with Crippen molar-refractivity contribution < 1.29 is 14.1 Å². The maximum absolute atomic E-state index is 13.5. The van der Waals surface area contributed by atoms with Crippen molar-refractivity contribution in [2.24, 2.45) is 27.2 Å². The second kappa shape index (κ2) is 5.62. The molecule has 0 atom stereocenters. The minimum atomic E-state index is -0.829. The number of methoxy groups -OCH3 is 1. The highest BCUT2D eigenvalue weighted by molar-refractivity contribution is 5.94. The van der Waals surface area contributed by atoms with Crippen LogP contribution in [0.5, 0.6) is 5.75 Å². The van der Waals surface area contributed by atoms with Gasteiger partial charge >= 0.3 is 0 Å². The fraction of sp³-hybridized carbons (Fsp3) is 0.111. The Bertz CT molecular complexity index is 567. The molecule has 0 aliphatic heterocycles. The molecule has 0 heterocycles. The van der Waals surface area contributed by atoms with E-state index >= 15 is 0 Å². The van der Waals surface area contributed by atoms with Crippen molar-refractivity contribution in [1.29, 1.82) is 0 Å². The van der Waals surface area contributed by atoms with E-state index in [4.69, 9.17) is 17.2 Å². The lowest BCUT2D eigenvalue weighted by Crippen LogP contribution is -2.26. The highest BCUT2D eigenvalue weighted by Crippen LogP contribution is 2.33. The molecule has 0 saturated carbocycles. The first kappa shape index (κ1) is 14.2. The maximum atomic E-state index is 13.5. The summed E-state index contributed by atoms with van der Waals surface area (Å²) in [6, 6.07) is 1.68. The first-order valence-electron chi connectivity index (χ1n) is 4.81. The van der Waals surface area contributed by atoms with E-state index in [1.807, 2.05) is 0 Å². The third-order valence-corrected chi connectivity index (χ3v) is 1.92. The topological polar surface area (TPSA) is 155 Å². The summed E-state index contributed by atoms with van der Waals surface area (Å²) in [5.74, 6) is -1.93. The van der Waals surface area contributed by atoms with E-state index in [2.05, 4.69) is 14.7 Å². The van der Waals surface area contributed by atoms with Gasteiger partial charge in [0.2, 0.25) is 5.96 Å². The number of nitrogens with zero attached hydrogens (tertiary/aromatic N) is 3. The molecule has 0 aliphatic carbocycles. The van der Waals surface area contributed by atoms with Crippen LogP contribution >= 0.6 is 0 Å². The molecule has 1 aromatic carbocycles. The monoisotopic (exact) mass is 270 g/mol. The molecule has 10 heteroatoms. The molecule has 9 nitrogen and oxygen atoms in total. The quantitative estimate of drug-likeness (QED) is 0.303. The summed E-state index contributed by atoms with van der Waals surface area (Å²) >= 11 is 0. The Morgan fingerprint density at radius 3 is 2.53 bits per heavy atom. The van der Waals surface area contributed by atoms with Gasteiger partial charge in [0, 0.05) is 6.07 Å². The first-order valence-corrected chi connectivity index (χ1v) is 4.81. The molecule has 0 bridgehead atoms. The fourth-order valence-corrected chi connectivity index (χ4v) is 1.21. The largest absolute Gasteiger partial charge is 0.493 e. The van der Waals surface area contributed by atoms with Gasteiger partial charge in [-0.2, -0.15) is 4.99 Å². The highest BCUT2D eigenvalue weighted by atomic mass is 19.1. The van der Waals surface area contributed by atoms with Gasteiger partial charge in [0.1, 0.15) is 5.69 Å². The van der Waals surface area contributed by atoms with Crippen LogP contribution in [0.25, 0.3) is 0 Å². The number of aliphatic imine (C=N–C) groups is 2. The minimum absolute atomic E-state index is 0.286. The number of guanidine groups is 2. The predicted molar refractivity (Wildman–Crippen MR) is 66.7 cm³/mol. The van der Waals surface area contributed by atoms with Crippen LogP contribution in [0.2, 0.25) is 0 Å². The molecule has 0 amide bonds. The van der Waals surface area contributed by atoms with E-state index in [9.17, 15) is 14.5 Å². The number of ether oxygens (including phenoxy) is 1. The standard InChI is InChI=1S/C9H11FN6O3/c1-19-7-3-6(16(17)18)5(2-4(7)10)14-9(13)15-8(11)12/h2-3H,1H3,(H6,11,12,13,14,15). The van der Waals surface area contributed by atoms with Crippen molar-refractivity contribution in [1.82, 2.24) is 0 Å². The van der Waals surface area contributed by atoms with Crippen LogP contribution in [0.4, 0.5) is 15.8 Å². The van der Waals surface area contributed by atoms with Gasteiger partial charge in [0.15, 0.2) is 17.5 Å². The Labute approximate surface area is 106 Å². The van der Waals surface area contributed by atoms with Crippen LogP contribution in [-0.2, 0) is 0 Å². The van der Waals surface area contributed by atoms with Crippen molar-refractivity contribution in [3.63, 3.8) is 0 Å². The van der Waals surface area contributed by atoms with Crippen LogP contribution < -0.4 is 21.9 Å². The van der Waals surface area contributed by atoms with Gasteiger partial charge in [-0.15, -0.1) is 0 Å². The van der Waals surface area contributed by atoms with Crippen molar-refractivity contribution in [2.45, 2.75) is 0 Å². The summed E-state index contributed by atoms with van der Waals surface area (Å²) in [7, 11) is 1.18. The van der Waals surface area contributed by atoms with Crippen molar-refractivity contribution in [3.8, 4) is 5.75 Å². The molecule has 0 saturated heterocycles. The van der Waals surface area contributed by atoms with Crippen molar-refractivity contribution >= 4 is 23.3 Å². The summed E-state index contributed by atoms with van der Waals surface area (Å²) in [5, 5.41) is 10.8. The summed E-state index contributed by atoms with van der Waals surface area (Å²) in [6.07, 6.45) is 0. The summed E-state index contributed by atoms with van der Waals surface area (Å²) in [6.45, 7) is 0. The molecule has 6 N–H and O–H groups in total. The van der Waals surface area contributed by atoms with Crippen molar-refractivity contribution in [2.75, 3.05) is 7.11 Å². The molecule has 0 unspecified atom stereocenters. The van der Waals surface area contributed by atoms with E-state index in [-0.39, 0.29) is 17.4 Å². The second-order valence-corrected chi connectivity index (χ2v) is 3.24. The zero-order valence-corrected chi connectivity index (χ0v) is 9.83. The average molecular weight is 270 g/mol. The Balaban J connectivity index is 3.38. The van der Waals surface area contributed by atoms with Crippen LogP contribution in [0, 0.1) is 15.9 Å². The van der Waals surface area contributed by atoms with Gasteiger partial charge in [-0.3, -0.25) is 10.1 Å². The average Bonchev–Trinajstić information content (AvgIpc) is 2.27. The van der Waals surface area contributed by atoms with Gasteiger partial charge in [0.05, 0.1) is 18.1 Å². The number of nitro benzene ring substituents is 1. The van der Waals surface area contributed by atoms with Gasteiger partial charge in [-0.05, 0) is 0 Å². The Morgan fingerprint density at radius 2 is 2.05 bits per heavy atom. The summed E-state index contributed by atoms with van der Waals surface area (Å²) in [5.41, 5.74) is 14.6. The van der Waals surface area contributed by atoms with Crippen LogP contribution in [0.1, 0.15) is 0 Å². The first-order chi connectivity index (χ1) is 8.85. The summed E-state index contributed by atoms with van der Waals surface area (Å²) in [4.78, 5) is 17.0. The zero-order valence-electron chi connectivity index (χ0n) is 9.83. The highest BCUT2D eigenvalue weighted by Gasteiger charge is 2.19. The SMILES string of the molecule is COc1cc([N+](=O)[O-])c(N=C(N)N=C(N)N)cc1F. The van der Waals surface area contributed by atoms with E-state index in [1.165, 1.54) is 7.11 Å². The smallest absolute Gasteiger partial charge is 0.298 e. The Hall–Kier alpha value is -2.91. The normalized spacial score (nSPS) is 10.9. The number of nitro groups is 1. The van der Waals surface area contributed by atoms with E-state index < -0.39 is 22.4 Å². The lowest BCUT2D eigenvalue weighted by Gasteiger charge is -2.04. The number of nitrogens with two attached hydrogens (primary N) is 3. The van der Waals surface area contributed by atoms with Gasteiger partial charge in [0.25, 0.3) is 5.69 Å². The number of rotatable bonds is 3. The molecule has 1 aromatic rings. The maximum Gasteiger partial charge on any atom is 0.298 e. The summed E-state index contributed by atoms with van der Waals surface area (Å²) < 4.78 is 18.1. The lowest BCUT2D eigenvalue weighted by atomic mass is 10.2. The molecule has 0 aliphatic rings. The minimum Gasteiger partial charge on any atom is -0.493 e. The van der Waals surface area contributed by atoms with Gasteiger partial charge < -0.3 is 21.9 Å². The Morgan fingerprint density at radius 1 is 1.42 bits per heavy atom. The van der Waals surface area contributed by atoms with Gasteiger partial charge in [-0.25, -0.2) is 9.38 Å². The van der Waals surface area contributed by atoms with Crippen LogP contribution in [0.3, 0.4) is 0 Å². The third kappa shape index (κ3) is 3.52. The molecule has 19 heavy (non-hydrogen) atoms.